The highest BCUT2D eigenvalue weighted by Gasteiger charge is 2.11. The molecule has 0 aliphatic carbocycles. The van der Waals surface area contributed by atoms with Crippen molar-refractivity contribution in [1.29, 1.82) is 0 Å². The van der Waals surface area contributed by atoms with Crippen LogP contribution in [-0.2, 0) is 0 Å². The molecule has 0 atom stereocenters. The van der Waals surface area contributed by atoms with Crippen molar-refractivity contribution in [1.82, 2.24) is 5.43 Å². The summed E-state index contributed by atoms with van der Waals surface area (Å²) in [6.45, 7) is 7.39. The van der Waals surface area contributed by atoms with Gasteiger partial charge in [-0.1, -0.05) is 6.92 Å². The number of carbonyl (C=O) groups is 1. The zero-order valence-electron chi connectivity index (χ0n) is 17.4. The number of ether oxygens (including phenoxy) is 4. The second kappa shape index (κ2) is 11.6. The molecule has 0 aliphatic heterocycles. The van der Waals surface area contributed by atoms with E-state index < -0.39 is 0 Å². The number of hydrogen-bond donors (Lipinski definition) is 1. The van der Waals surface area contributed by atoms with E-state index >= 15 is 0 Å². The fourth-order valence-electron chi connectivity index (χ4n) is 2.52. The Kier molecular flexibility index (Phi) is 8.82. The first-order valence-electron chi connectivity index (χ1n) is 9.66. The molecular formula is C22H28N2O5. The minimum absolute atomic E-state index is 0.345. The molecule has 2 aromatic rings. The normalized spacial score (nSPS) is 10.6. The minimum Gasteiger partial charge on any atom is -0.493 e. The number of hydrogen-bond acceptors (Lipinski definition) is 6. The van der Waals surface area contributed by atoms with Crippen molar-refractivity contribution in [2.45, 2.75) is 27.2 Å². The summed E-state index contributed by atoms with van der Waals surface area (Å²) in [5.74, 6) is 2.07. The van der Waals surface area contributed by atoms with Crippen LogP contribution in [0.25, 0.3) is 0 Å². The van der Waals surface area contributed by atoms with Crippen LogP contribution in [0.3, 0.4) is 0 Å². The lowest BCUT2D eigenvalue weighted by molar-refractivity contribution is 0.0954. The lowest BCUT2D eigenvalue weighted by Crippen LogP contribution is -2.17. The maximum Gasteiger partial charge on any atom is 0.271 e. The van der Waals surface area contributed by atoms with E-state index in [9.17, 15) is 4.79 Å². The fourth-order valence-corrected chi connectivity index (χ4v) is 2.52. The first-order chi connectivity index (χ1) is 14.1. The summed E-state index contributed by atoms with van der Waals surface area (Å²) in [6, 6.07) is 10.5. The van der Waals surface area contributed by atoms with Crippen LogP contribution in [0.1, 0.15) is 43.1 Å². The van der Waals surface area contributed by atoms with E-state index in [2.05, 4.69) is 10.5 Å². The van der Waals surface area contributed by atoms with Crippen LogP contribution in [0.4, 0.5) is 0 Å². The monoisotopic (exact) mass is 400 g/mol. The molecule has 2 aromatic carbocycles. The number of benzene rings is 2. The smallest absolute Gasteiger partial charge is 0.271 e. The Morgan fingerprint density at radius 1 is 0.931 bits per heavy atom. The van der Waals surface area contributed by atoms with E-state index in [4.69, 9.17) is 18.9 Å². The minimum atomic E-state index is -0.345. The lowest BCUT2D eigenvalue weighted by Gasteiger charge is -2.12. The quantitative estimate of drug-likeness (QED) is 0.455. The van der Waals surface area contributed by atoms with Crippen LogP contribution >= 0.6 is 0 Å². The number of nitrogens with zero attached hydrogens (tertiary/aromatic N) is 1. The fraction of sp³-hybridized carbons (Fsp3) is 0.364. The van der Waals surface area contributed by atoms with Gasteiger partial charge in [0.15, 0.2) is 23.0 Å². The van der Waals surface area contributed by atoms with Gasteiger partial charge in [0.1, 0.15) is 0 Å². The standard InChI is InChI=1S/C22H28N2O5/c1-5-12-29-19-11-9-17(14-21(19)28-7-3)22(25)24-23-15-16-8-10-18(26-4)20(13-16)27-6-2/h8-11,13-15H,5-7,12H2,1-4H3,(H,24,25)/b23-15+. The van der Waals surface area contributed by atoms with Gasteiger partial charge in [-0.3, -0.25) is 4.79 Å². The molecule has 0 spiro atoms. The Bertz CT molecular complexity index is 836. The summed E-state index contributed by atoms with van der Waals surface area (Å²) < 4.78 is 22.0. The zero-order valence-corrected chi connectivity index (χ0v) is 17.4. The molecule has 1 N–H and O–H groups in total. The number of carbonyl (C=O) groups excluding carboxylic acids is 1. The SMILES string of the molecule is CCCOc1ccc(C(=O)N/N=C/c2ccc(OC)c(OCC)c2)cc1OCC. The van der Waals surface area contributed by atoms with Gasteiger partial charge in [0.05, 0.1) is 33.1 Å². The molecule has 0 aliphatic rings. The van der Waals surface area contributed by atoms with Gasteiger partial charge < -0.3 is 18.9 Å². The van der Waals surface area contributed by atoms with Crippen LogP contribution in [0, 0.1) is 0 Å². The number of methoxy groups -OCH3 is 1. The Labute approximate surface area is 171 Å². The summed E-state index contributed by atoms with van der Waals surface area (Å²) in [5, 5.41) is 4.03. The topological polar surface area (TPSA) is 78.4 Å². The highest BCUT2D eigenvalue weighted by atomic mass is 16.5. The summed E-state index contributed by atoms with van der Waals surface area (Å²) in [4.78, 5) is 12.4. The van der Waals surface area contributed by atoms with Gasteiger partial charge in [-0.15, -0.1) is 0 Å². The zero-order chi connectivity index (χ0) is 21.1. The third kappa shape index (κ3) is 6.41. The van der Waals surface area contributed by atoms with Crippen LogP contribution in [0.15, 0.2) is 41.5 Å². The van der Waals surface area contributed by atoms with Crippen molar-refractivity contribution in [2.75, 3.05) is 26.9 Å². The van der Waals surface area contributed by atoms with Crippen LogP contribution in [0.2, 0.25) is 0 Å². The number of amides is 1. The third-order valence-electron chi connectivity index (χ3n) is 3.83. The Morgan fingerprint density at radius 2 is 1.62 bits per heavy atom. The second-order valence-corrected chi connectivity index (χ2v) is 5.99. The summed E-state index contributed by atoms with van der Waals surface area (Å²) in [7, 11) is 1.58. The molecule has 29 heavy (non-hydrogen) atoms. The molecule has 1 amide bonds. The second-order valence-electron chi connectivity index (χ2n) is 5.99. The van der Waals surface area contributed by atoms with Crippen molar-refractivity contribution in [2.24, 2.45) is 5.10 Å². The lowest BCUT2D eigenvalue weighted by atomic mass is 10.2. The molecular weight excluding hydrogens is 372 g/mol. The van der Waals surface area contributed by atoms with Gasteiger partial charge in [0.25, 0.3) is 5.91 Å². The number of hydrazone groups is 1. The van der Waals surface area contributed by atoms with Gasteiger partial charge in [-0.05, 0) is 62.2 Å². The average Bonchev–Trinajstić information content (AvgIpc) is 2.73. The van der Waals surface area contributed by atoms with Crippen molar-refractivity contribution in [3.63, 3.8) is 0 Å². The molecule has 0 bridgehead atoms. The Morgan fingerprint density at radius 3 is 2.28 bits per heavy atom. The van der Waals surface area contributed by atoms with Crippen molar-refractivity contribution in [3.05, 3.63) is 47.5 Å². The molecule has 0 heterocycles. The summed E-state index contributed by atoms with van der Waals surface area (Å²) in [6.07, 6.45) is 2.43. The van der Waals surface area contributed by atoms with E-state index in [0.717, 1.165) is 12.0 Å². The molecule has 2 rings (SSSR count). The first kappa shape index (κ1) is 22.1. The average molecular weight is 400 g/mol. The molecule has 7 nitrogen and oxygen atoms in total. The molecule has 0 saturated carbocycles. The Hall–Kier alpha value is -3.22. The van der Waals surface area contributed by atoms with Crippen molar-refractivity contribution < 1.29 is 23.7 Å². The Balaban J connectivity index is 2.08. The van der Waals surface area contributed by atoms with E-state index in [1.54, 1.807) is 43.7 Å². The molecule has 0 radical (unpaired) electrons. The number of nitrogens with one attached hydrogen (secondary N) is 1. The van der Waals surface area contributed by atoms with Crippen molar-refractivity contribution >= 4 is 12.1 Å². The van der Waals surface area contributed by atoms with E-state index in [1.165, 1.54) is 0 Å². The van der Waals surface area contributed by atoms with Gasteiger partial charge in [0, 0.05) is 5.56 Å². The van der Waals surface area contributed by atoms with Gasteiger partial charge in [-0.25, -0.2) is 5.43 Å². The number of rotatable bonds is 11. The third-order valence-corrected chi connectivity index (χ3v) is 3.83. The van der Waals surface area contributed by atoms with Gasteiger partial charge >= 0.3 is 0 Å². The van der Waals surface area contributed by atoms with Gasteiger partial charge in [-0.2, -0.15) is 5.10 Å². The molecule has 7 heteroatoms. The predicted molar refractivity (Wildman–Crippen MR) is 113 cm³/mol. The highest BCUT2D eigenvalue weighted by molar-refractivity contribution is 5.95. The molecule has 156 valence electrons. The molecule has 0 saturated heterocycles. The molecule has 0 fully saturated rings. The maximum absolute atomic E-state index is 12.4. The largest absolute Gasteiger partial charge is 0.493 e. The molecule has 0 unspecified atom stereocenters. The predicted octanol–water partition coefficient (Wildman–Crippen LogP) is 4.05. The summed E-state index contributed by atoms with van der Waals surface area (Å²) in [5.41, 5.74) is 3.72. The van der Waals surface area contributed by atoms with E-state index in [0.29, 0.717) is 48.4 Å². The first-order valence-corrected chi connectivity index (χ1v) is 9.66. The summed E-state index contributed by atoms with van der Waals surface area (Å²) >= 11 is 0. The van der Waals surface area contributed by atoms with E-state index in [1.807, 2.05) is 26.8 Å². The van der Waals surface area contributed by atoms with Crippen LogP contribution in [0.5, 0.6) is 23.0 Å². The highest BCUT2D eigenvalue weighted by Crippen LogP contribution is 2.29. The van der Waals surface area contributed by atoms with Crippen LogP contribution in [-0.4, -0.2) is 39.1 Å². The van der Waals surface area contributed by atoms with E-state index in [-0.39, 0.29) is 5.91 Å². The van der Waals surface area contributed by atoms with Crippen molar-refractivity contribution in [3.8, 4) is 23.0 Å². The molecule has 0 aromatic heterocycles. The maximum atomic E-state index is 12.4. The van der Waals surface area contributed by atoms with Crippen LogP contribution < -0.4 is 24.4 Å². The van der Waals surface area contributed by atoms with Gasteiger partial charge in [0.2, 0.25) is 0 Å².